The van der Waals surface area contributed by atoms with Crippen LogP contribution in [0.3, 0.4) is 0 Å². The van der Waals surface area contributed by atoms with E-state index in [0.29, 0.717) is 17.3 Å². The molecule has 0 saturated heterocycles. The van der Waals surface area contributed by atoms with Crippen LogP contribution >= 0.6 is 15.9 Å². The molecule has 28 heavy (non-hydrogen) atoms. The fourth-order valence-electron chi connectivity index (χ4n) is 2.52. The lowest BCUT2D eigenvalue weighted by atomic mass is 10.0. The third kappa shape index (κ3) is 6.17. The Bertz CT molecular complexity index is 970. The molecule has 2 aromatic rings. The van der Waals surface area contributed by atoms with Crippen LogP contribution in [0, 0.1) is 0 Å². The third-order valence-electron chi connectivity index (χ3n) is 4.13. The Labute approximate surface area is 174 Å². The van der Waals surface area contributed by atoms with E-state index in [0.717, 1.165) is 26.2 Å². The van der Waals surface area contributed by atoms with Crippen LogP contribution in [0.15, 0.2) is 58.1 Å². The van der Waals surface area contributed by atoms with Gasteiger partial charge in [-0.1, -0.05) is 54.0 Å². The Morgan fingerprint density at radius 2 is 1.82 bits per heavy atom. The smallest absolute Gasteiger partial charge is 0.260 e. The molecule has 0 unspecified atom stereocenters. The fraction of sp³-hybridized carbons (Fsp3) is 0.300. The summed E-state index contributed by atoms with van der Waals surface area (Å²) in [6.07, 6.45) is 1.08. The van der Waals surface area contributed by atoms with Crippen LogP contribution < -0.4 is 9.73 Å². The maximum absolute atomic E-state index is 12.3. The van der Waals surface area contributed by atoms with Crippen molar-refractivity contribution in [2.75, 3.05) is 17.1 Å². The third-order valence-corrected chi connectivity index (χ3v) is 5.76. The number of benzene rings is 2. The van der Waals surface area contributed by atoms with Crippen LogP contribution in [0.25, 0.3) is 0 Å². The van der Waals surface area contributed by atoms with Gasteiger partial charge in [-0.15, -0.1) is 0 Å². The van der Waals surface area contributed by atoms with Crippen LogP contribution in [-0.2, 0) is 14.8 Å². The van der Waals surface area contributed by atoms with E-state index in [4.69, 9.17) is 0 Å². The van der Waals surface area contributed by atoms with Crippen molar-refractivity contribution in [2.45, 2.75) is 26.7 Å². The topological polar surface area (TPSA) is 78.8 Å². The number of sulfonamides is 1. The minimum Gasteiger partial charge on any atom is -0.271 e. The fourth-order valence-corrected chi connectivity index (χ4v) is 3.77. The largest absolute Gasteiger partial charge is 0.271 e. The highest BCUT2D eigenvalue weighted by Gasteiger charge is 2.21. The van der Waals surface area contributed by atoms with Gasteiger partial charge in [0.25, 0.3) is 5.91 Å². The highest BCUT2D eigenvalue weighted by molar-refractivity contribution is 9.10. The molecule has 0 atom stereocenters. The monoisotopic (exact) mass is 465 g/mol. The predicted octanol–water partition coefficient (Wildman–Crippen LogP) is 3.88. The summed E-state index contributed by atoms with van der Waals surface area (Å²) in [5, 5.41) is 4.08. The van der Waals surface area contributed by atoms with Crippen molar-refractivity contribution in [3.05, 3.63) is 64.1 Å². The van der Waals surface area contributed by atoms with E-state index in [1.165, 1.54) is 0 Å². The molecule has 0 aliphatic carbocycles. The van der Waals surface area contributed by atoms with Gasteiger partial charge in [-0.3, -0.25) is 9.10 Å². The molecule has 2 aromatic carbocycles. The molecule has 0 aliphatic rings. The molecule has 0 bridgehead atoms. The molecule has 0 spiro atoms. The highest BCUT2D eigenvalue weighted by atomic mass is 79.9. The molecule has 0 aromatic heterocycles. The minimum absolute atomic E-state index is 0.333. The summed E-state index contributed by atoms with van der Waals surface area (Å²) in [6.45, 7) is 5.53. The molecule has 0 radical (unpaired) electrons. The van der Waals surface area contributed by atoms with E-state index in [9.17, 15) is 13.2 Å². The van der Waals surface area contributed by atoms with Crippen molar-refractivity contribution < 1.29 is 13.2 Å². The zero-order valence-corrected chi connectivity index (χ0v) is 18.7. The molecule has 1 amide bonds. The highest BCUT2D eigenvalue weighted by Crippen LogP contribution is 2.21. The molecule has 150 valence electrons. The minimum atomic E-state index is -3.62. The Morgan fingerprint density at radius 1 is 1.18 bits per heavy atom. The summed E-state index contributed by atoms with van der Waals surface area (Å²) in [5.74, 6) is -0.188. The number of carbonyl (C=O) groups excluding carboxylic acids is 1. The number of halogens is 1. The number of nitrogens with one attached hydrogen (secondary N) is 1. The number of hydrogen-bond acceptors (Lipinski definition) is 4. The first-order valence-corrected chi connectivity index (χ1v) is 11.4. The van der Waals surface area contributed by atoms with Gasteiger partial charge < -0.3 is 0 Å². The van der Waals surface area contributed by atoms with Gasteiger partial charge in [-0.2, -0.15) is 5.10 Å². The number of amides is 1. The Morgan fingerprint density at radius 3 is 2.36 bits per heavy atom. The first-order chi connectivity index (χ1) is 13.1. The van der Waals surface area contributed by atoms with E-state index in [2.05, 4.69) is 40.3 Å². The lowest BCUT2D eigenvalue weighted by Gasteiger charge is -2.22. The van der Waals surface area contributed by atoms with Gasteiger partial charge in [0.2, 0.25) is 10.0 Å². The first kappa shape index (κ1) is 22.1. The lowest BCUT2D eigenvalue weighted by molar-refractivity contribution is -0.119. The van der Waals surface area contributed by atoms with Gasteiger partial charge in [-0.25, -0.2) is 13.8 Å². The van der Waals surface area contributed by atoms with Gasteiger partial charge in [0.1, 0.15) is 6.54 Å². The second-order valence-electron chi connectivity index (χ2n) is 6.76. The molecule has 1 N–H and O–H groups in total. The summed E-state index contributed by atoms with van der Waals surface area (Å²) in [4.78, 5) is 12.3. The molecule has 0 aliphatic heterocycles. The van der Waals surface area contributed by atoms with Crippen LogP contribution in [0.1, 0.15) is 37.8 Å². The predicted molar refractivity (Wildman–Crippen MR) is 117 cm³/mol. The normalized spacial score (nSPS) is 12.1. The van der Waals surface area contributed by atoms with Crippen molar-refractivity contribution in [2.24, 2.45) is 5.10 Å². The number of rotatable bonds is 7. The van der Waals surface area contributed by atoms with E-state index in [1.807, 2.05) is 36.4 Å². The van der Waals surface area contributed by atoms with Crippen LogP contribution in [0.2, 0.25) is 0 Å². The molecule has 6 nitrogen and oxygen atoms in total. The SMILES string of the molecule is C/C(=N/NC(=O)CN(c1ccc(C(C)C)cc1)S(C)(=O)=O)c1cccc(Br)c1. The van der Waals surface area contributed by atoms with E-state index >= 15 is 0 Å². The average Bonchev–Trinajstić information content (AvgIpc) is 2.63. The van der Waals surface area contributed by atoms with E-state index in [1.54, 1.807) is 19.1 Å². The maximum Gasteiger partial charge on any atom is 0.260 e. The Balaban J connectivity index is 2.14. The number of nitrogens with zero attached hydrogens (tertiary/aromatic N) is 2. The standard InChI is InChI=1S/C20H24BrN3O3S/c1-14(2)16-8-10-19(11-9-16)24(28(4,26)27)13-20(25)23-22-15(3)17-6-5-7-18(21)12-17/h5-12,14H,13H2,1-4H3,(H,23,25)/b22-15-. The van der Waals surface area contributed by atoms with Gasteiger partial charge in [0.05, 0.1) is 17.7 Å². The Hall–Kier alpha value is -2.19. The van der Waals surface area contributed by atoms with Gasteiger partial charge in [-0.05, 0) is 48.2 Å². The Kier molecular flexibility index (Phi) is 7.37. The quantitative estimate of drug-likeness (QED) is 0.497. The average molecular weight is 466 g/mol. The molecule has 2 rings (SSSR count). The van der Waals surface area contributed by atoms with Gasteiger partial charge in [0, 0.05) is 4.47 Å². The van der Waals surface area contributed by atoms with Crippen molar-refractivity contribution in [3.63, 3.8) is 0 Å². The molecular formula is C20H24BrN3O3S. The number of carbonyl (C=O) groups is 1. The second-order valence-corrected chi connectivity index (χ2v) is 9.58. The number of hydrazone groups is 1. The van der Waals surface area contributed by atoms with E-state index in [-0.39, 0.29) is 6.54 Å². The number of anilines is 1. The molecule has 8 heteroatoms. The summed E-state index contributed by atoms with van der Waals surface area (Å²) in [7, 11) is -3.62. The zero-order chi connectivity index (χ0) is 20.9. The van der Waals surface area contributed by atoms with Crippen LogP contribution in [0.5, 0.6) is 0 Å². The van der Waals surface area contributed by atoms with Gasteiger partial charge in [0.15, 0.2) is 0 Å². The lowest BCUT2D eigenvalue weighted by Crippen LogP contribution is -2.39. The maximum atomic E-state index is 12.3. The molecule has 0 heterocycles. The van der Waals surface area contributed by atoms with Crippen molar-refractivity contribution >= 4 is 43.3 Å². The van der Waals surface area contributed by atoms with Crippen molar-refractivity contribution in [3.8, 4) is 0 Å². The molecule has 0 saturated carbocycles. The van der Waals surface area contributed by atoms with Crippen molar-refractivity contribution in [1.82, 2.24) is 5.43 Å². The molecule has 0 fully saturated rings. The second kappa shape index (κ2) is 9.34. The summed E-state index contributed by atoms with van der Waals surface area (Å²) < 4.78 is 26.3. The first-order valence-electron chi connectivity index (χ1n) is 8.74. The summed E-state index contributed by atoms with van der Waals surface area (Å²) >= 11 is 3.39. The molecular weight excluding hydrogens is 442 g/mol. The van der Waals surface area contributed by atoms with Crippen LogP contribution in [0.4, 0.5) is 5.69 Å². The van der Waals surface area contributed by atoms with Crippen molar-refractivity contribution in [1.29, 1.82) is 0 Å². The number of hydrogen-bond donors (Lipinski definition) is 1. The zero-order valence-electron chi connectivity index (χ0n) is 16.3. The summed E-state index contributed by atoms with van der Waals surface area (Å²) in [6, 6.07) is 14.7. The van der Waals surface area contributed by atoms with Gasteiger partial charge >= 0.3 is 0 Å². The van der Waals surface area contributed by atoms with Crippen LogP contribution in [-0.4, -0.2) is 32.8 Å². The summed E-state index contributed by atoms with van der Waals surface area (Å²) in [5.41, 5.74) is 5.42. The van der Waals surface area contributed by atoms with E-state index < -0.39 is 15.9 Å².